The molecule has 0 unspecified atom stereocenters. The molecule has 0 radical (unpaired) electrons. The molecular formula is C15H28N2O2. The predicted molar refractivity (Wildman–Crippen MR) is 76.1 cm³/mol. The monoisotopic (exact) mass is 268 g/mol. The van der Waals surface area contributed by atoms with Crippen molar-refractivity contribution < 1.29 is 9.53 Å². The molecule has 1 saturated carbocycles. The molecule has 1 N–H and O–H groups in total. The molecule has 0 bridgehead atoms. The Bertz CT molecular complexity index is 271. The highest BCUT2D eigenvalue weighted by atomic mass is 16.5. The van der Waals surface area contributed by atoms with Crippen molar-refractivity contribution in [1.82, 2.24) is 10.2 Å². The topological polar surface area (TPSA) is 41.6 Å². The van der Waals surface area contributed by atoms with Gasteiger partial charge >= 0.3 is 0 Å². The summed E-state index contributed by atoms with van der Waals surface area (Å²) < 4.78 is 5.45. The maximum Gasteiger partial charge on any atom is 0.234 e. The van der Waals surface area contributed by atoms with E-state index < -0.39 is 0 Å². The average molecular weight is 268 g/mol. The lowest BCUT2D eigenvalue weighted by atomic mass is 9.99. The molecular weight excluding hydrogens is 240 g/mol. The zero-order chi connectivity index (χ0) is 13.5. The van der Waals surface area contributed by atoms with E-state index in [0.29, 0.717) is 18.5 Å². The van der Waals surface area contributed by atoms with Gasteiger partial charge in [-0.25, -0.2) is 0 Å². The summed E-state index contributed by atoms with van der Waals surface area (Å²) in [5, 5.41) is 3.05. The Balaban J connectivity index is 1.56. The Kier molecular flexibility index (Phi) is 6.11. The first kappa shape index (κ1) is 14.8. The van der Waals surface area contributed by atoms with Crippen LogP contribution in [0.3, 0.4) is 0 Å². The van der Waals surface area contributed by atoms with Gasteiger partial charge in [0.1, 0.15) is 0 Å². The summed E-state index contributed by atoms with van der Waals surface area (Å²) in [6.07, 6.45) is 8.61. The summed E-state index contributed by atoms with van der Waals surface area (Å²) in [5.41, 5.74) is 0. The Morgan fingerprint density at radius 2 is 2.05 bits per heavy atom. The van der Waals surface area contributed by atoms with Crippen LogP contribution < -0.4 is 5.32 Å². The number of likely N-dealkylation sites (N-methyl/N-ethyl adjacent to an activating group) is 1. The van der Waals surface area contributed by atoms with Crippen LogP contribution in [0.2, 0.25) is 0 Å². The molecule has 1 heterocycles. The van der Waals surface area contributed by atoms with Gasteiger partial charge in [0, 0.05) is 25.8 Å². The molecule has 1 amide bonds. The largest absolute Gasteiger partial charge is 0.381 e. The van der Waals surface area contributed by atoms with Crippen LogP contribution in [0.15, 0.2) is 0 Å². The van der Waals surface area contributed by atoms with Crippen molar-refractivity contribution in [1.29, 1.82) is 0 Å². The molecule has 4 heteroatoms. The van der Waals surface area contributed by atoms with Crippen LogP contribution in [0.4, 0.5) is 0 Å². The Morgan fingerprint density at radius 3 is 2.74 bits per heavy atom. The number of hydrogen-bond acceptors (Lipinski definition) is 3. The lowest BCUT2D eigenvalue weighted by Crippen LogP contribution is -2.40. The second kappa shape index (κ2) is 7.85. The summed E-state index contributed by atoms with van der Waals surface area (Å²) in [7, 11) is 2.07. The molecule has 1 saturated heterocycles. The first-order valence-corrected chi connectivity index (χ1v) is 7.80. The lowest BCUT2D eigenvalue weighted by molar-refractivity contribution is -0.122. The van der Waals surface area contributed by atoms with Crippen LogP contribution in [0, 0.1) is 5.92 Å². The minimum absolute atomic E-state index is 0.172. The summed E-state index contributed by atoms with van der Waals surface area (Å²) in [4.78, 5) is 14.1. The minimum atomic E-state index is 0.172. The van der Waals surface area contributed by atoms with Crippen molar-refractivity contribution in [2.24, 2.45) is 5.92 Å². The van der Waals surface area contributed by atoms with Gasteiger partial charge in [0.2, 0.25) is 5.91 Å². The molecule has 0 aromatic rings. The lowest BCUT2D eigenvalue weighted by Gasteiger charge is -2.24. The molecule has 1 aliphatic carbocycles. The van der Waals surface area contributed by atoms with E-state index in [2.05, 4.69) is 17.3 Å². The SMILES string of the molecule is CN(CC(=O)NCC[C@@H]1CCCOC1)C1CCCC1. The van der Waals surface area contributed by atoms with Gasteiger partial charge in [0.05, 0.1) is 6.54 Å². The number of nitrogens with zero attached hydrogens (tertiary/aromatic N) is 1. The summed E-state index contributed by atoms with van der Waals surface area (Å²) in [6, 6.07) is 0.623. The number of nitrogens with one attached hydrogen (secondary N) is 1. The van der Waals surface area contributed by atoms with Gasteiger partial charge in [-0.15, -0.1) is 0 Å². The number of ether oxygens (including phenoxy) is 1. The zero-order valence-electron chi connectivity index (χ0n) is 12.2. The highest BCUT2D eigenvalue weighted by Crippen LogP contribution is 2.22. The third-order valence-corrected chi connectivity index (χ3v) is 4.47. The standard InChI is InChI=1S/C15H28N2O2/c1-17(14-6-2-3-7-14)11-15(18)16-9-8-13-5-4-10-19-12-13/h13-14H,2-12H2,1H3,(H,16,18)/t13-/m0/s1. The van der Waals surface area contributed by atoms with E-state index >= 15 is 0 Å². The fourth-order valence-electron chi connectivity index (χ4n) is 3.21. The van der Waals surface area contributed by atoms with E-state index in [1.54, 1.807) is 0 Å². The van der Waals surface area contributed by atoms with Crippen molar-refractivity contribution >= 4 is 5.91 Å². The van der Waals surface area contributed by atoms with Crippen LogP contribution >= 0.6 is 0 Å². The number of amides is 1. The Labute approximate surface area is 116 Å². The van der Waals surface area contributed by atoms with Crippen LogP contribution in [0.1, 0.15) is 44.9 Å². The van der Waals surface area contributed by atoms with Crippen LogP contribution in [-0.2, 0) is 9.53 Å². The minimum Gasteiger partial charge on any atom is -0.381 e. The zero-order valence-corrected chi connectivity index (χ0v) is 12.2. The van der Waals surface area contributed by atoms with Crippen molar-refractivity contribution in [2.45, 2.75) is 51.0 Å². The maximum absolute atomic E-state index is 11.9. The van der Waals surface area contributed by atoms with E-state index in [9.17, 15) is 4.79 Å². The number of carbonyl (C=O) groups is 1. The van der Waals surface area contributed by atoms with Crippen molar-refractivity contribution in [3.05, 3.63) is 0 Å². The Hall–Kier alpha value is -0.610. The van der Waals surface area contributed by atoms with Gasteiger partial charge in [-0.3, -0.25) is 9.69 Å². The van der Waals surface area contributed by atoms with E-state index in [0.717, 1.165) is 26.2 Å². The first-order chi connectivity index (χ1) is 9.25. The quantitative estimate of drug-likeness (QED) is 0.798. The van der Waals surface area contributed by atoms with Gasteiger partial charge in [-0.05, 0) is 45.1 Å². The predicted octanol–water partition coefficient (Wildman–Crippen LogP) is 1.79. The molecule has 2 rings (SSSR count). The third-order valence-electron chi connectivity index (χ3n) is 4.47. The van der Waals surface area contributed by atoms with Crippen molar-refractivity contribution in [3.8, 4) is 0 Å². The van der Waals surface area contributed by atoms with Crippen molar-refractivity contribution in [2.75, 3.05) is 33.4 Å². The maximum atomic E-state index is 11.9. The highest BCUT2D eigenvalue weighted by molar-refractivity contribution is 5.77. The van der Waals surface area contributed by atoms with E-state index in [1.165, 1.54) is 38.5 Å². The number of hydrogen-bond donors (Lipinski definition) is 1. The fourth-order valence-corrected chi connectivity index (χ4v) is 3.21. The summed E-state index contributed by atoms with van der Waals surface area (Å²) in [5.74, 6) is 0.813. The molecule has 0 spiro atoms. The van der Waals surface area contributed by atoms with Crippen LogP contribution in [-0.4, -0.2) is 50.2 Å². The highest BCUT2D eigenvalue weighted by Gasteiger charge is 2.21. The van der Waals surface area contributed by atoms with Gasteiger partial charge in [0.15, 0.2) is 0 Å². The number of carbonyl (C=O) groups excluding carboxylic acids is 1. The fraction of sp³-hybridized carbons (Fsp3) is 0.933. The number of rotatable bonds is 6. The Morgan fingerprint density at radius 1 is 1.26 bits per heavy atom. The smallest absolute Gasteiger partial charge is 0.234 e. The third kappa shape index (κ3) is 5.11. The average Bonchev–Trinajstić information content (AvgIpc) is 2.94. The van der Waals surface area contributed by atoms with E-state index in [-0.39, 0.29) is 5.91 Å². The summed E-state index contributed by atoms with van der Waals surface area (Å²) in [6.45, 7) is 3.13. The van der Waals surface area contributed by atoms with Gasteiger partial charge in [0.25, 0.3) is 0 Å². The van der Waals surface area contributed by atoms with Crippen molar-refractivity contribution in [3.63, 3.8) is 0 Å². The molecule has 4 nitrogen and oxygen atoms in total. The molecule has 1 atom stereocenters. The van der Waals surface area contributed by atoms with Gasteiger partial charge < -0.3 is 10.1 Å². The molecule has 1 aliphatic heterocycles. The molecule has 0 aromatic carbocycles. The van der Waals surface area contributed by atoms with E-state index in [4.69, 9.17) is 4.74 Å². The van der Waals surface area contributed by atoms with Crippen LogP contribution in [0.25, 0.3) is 0 Å². The molecule has 0 aromatic heterocycles. The normalized spacial score (nSPS) is 24.8. The second-order valence-electron chi connectivity index (χ2n) is 6.08. The first-order valence-electron chi connectivity index (χ1n) is 7.80. The summed E-state index contributed by atoms with van der Waals surface area (Å²) >= 11 is 0. The van der Waals surface area contributed by atoms with E-state index in [1.807, 2.05) is 0 Å². The van der Waals surface area contributed by atoms with Gasteiger partial charge in [-0.2, -0.15) is 0 Å². The molecule has 19 heavy (non-hydrogen) atoms. The van der Waals surface area contributed by atoms with Crippen LogP contribution in [0.5, 0.6) is 0 Å². The molecule has 2 aliphatic rings. The molecule has 2 fully saturated rings. The van der Waals surface area contributed by atoms with Gasteiger partial charge in [-0.1, -0.05) is 12.8 Å². The second-order valence-corrected chi connectivity index (χ2v) is 6.08. The molecule has 110 valence electrons.